The summed E-state index contributed by atoms with van der Waals surface area (Å²) in [5, 5.41) is 12.1. The van der Waals surface area contributed by atoms with Crippen LogP contribution in [0, 0.1) is 0 Å². The predicted molar refractivity (Wildman–Crippen MR) is 241 cm³/mol. The molecule has 0 bridgehead atoms. The fourth-order valence-corrected chi connectivity index (χ4v) is 12.0. The van der Waals surface area contributed by atoms with Gasteiger partial charge >= 0.3 is 310 Å². The summed E-state index contributed by atoms with van der Waals surface area (Å²) in [5.41, 5.74) is 9.53. The maximum absolute atomic E-state index is 5.81. The van der Waals surface area contributed by atoms with Crippen LogP contribution in [0.25, 0.3) is 118 Å². The van der Waals surface area contributed by atoms with Crippen LogP contribution in [-0.2, 0) is 0 Å². The zero-order valence-electron chi connectivity index (χ0n) is 30.5. The molecule has 4 heterocycles. The van der Waals surface area contributed by atoms with Crippen LogP contribution in [0.1, 0.15) is 0 Å². The molecule has 4 aromatic heterocycles. The monoisotopic (exact) mass is 790 g/mol. The average Bonchev–Trinajstić information content (AvgIpc) is 3.94. The maximum atomic E-state index is 5.81. The van der Waals surface area contributed by atoms with Crippen LogP contribution in [0.4, 0.5) is 0 Å². The Morgan fingerprint density at radius 1 is 0.351 bits per heavy atom. The van der Waals surface area contributed by atoms with Crippen LogP contribution < -0.4 is 0 Å². The Kier molecular flexibility index (Phi) is 6.42. The Bertz CT molecular complexity index is 3810. The summed E-state index contributed by atoms with van der Waals surface area (Å²) in [5.74, 6) is 0.819. The Morgan fingerprint density at radius 3 is 1.54 bits per heavy atom. The van der Waals surface area contributed by atoms with Crippen molar-refractivity contribution in [2.24, 2.45) is 0 Å². The molecule has 0 N–H and O–H groups in total. The number of para-hydroxylation sites is 2. The van der Waals surface area contributed by atoms with E-state index in [1.165, 1.54) is 68.3 Å². The first-order valence-electron chi connectivity index (χ1n) is 19.3. The van der Waals surface area contributed by atoms with E-state index in [9.17, 15) is 0 Å². The summed E-state index contributed by atoms with van der Waals surface area (Å²) in [4.78, 5) is 11.5. The molecule has 13 aromatic rings. The van der Waals surface area contributed by atoms with Gasteiger partial charge in [-0.2, -0.15) is 0 Å². The summed E-state index contributed by atoms with van der Waals surface area (Å²) in [6, 6.07) is 66.0. The molecule has 0 saturated carbocycles. The molecule has 0 aliphatic heterocycles. The van der Waals surface area contributed by atoms with E-state index >= 15 is 0 Å². The third-order valence-corrected chi connectivity index (χ3v) is 14.4. The van der Waals surface area contributed by atoms with Crippen molar-refractivity contribution >= 4 is 110 Å². The van der Waals surface area contributed by atoms with Crippen LogP contribution in [0.15, 0.2) is 182 Å². The van der Waals surface area contributed by atoms with E-state index in [2.05, 4.69) is 191 Å². The SMILES string of the molecule is c1ccc(-c2nc3c4ccccc4c4ccccc4c3nc2-n2c3ccccc3c3ccc4c5ccccc5n(-c5cccc6c5[se]c5ccccc56)c4c32)cc1. The summed E-state index contributed by atoms with van der Waals surface area (Å²) >= 11 is 0.162. The molecule has 0 fully saturated rings. The van der Waals surface area contributed by atoms with Gasteiger partial charge in [-0.25, -0.2) is 0 Å². The molecular weight excluding hydrogens is 760 g/mol. The van der Waals surface area contributed by atoms with E-state index in [0.717, 1.165) is 49.9 Å². The molecular formula is C52H30N4Se. The van der Waals surface area contributed by atoms with Crippen LogP contribution in [0.5, 0.6) is 0 Å². The van der Waals surface area contributed by atoms with Gasteiger partial charge in [-0.05, 0) is 0 Å². The minimum atomic E-state index is 0.162. The fourth-order valence-electron chi connectivity index (χ4n) is 9.48. The molecule has 9 aromatic carbocycles. The molecule has 57 heavy (non-hydrogen) atoms. The number of hydrogen-bond donors (Lipinski definition) is 0. The molecule has 5 heteroatoms. The average molecular weight is 790 g/mol. The van der Waals surface area contributed by atoms with Gasteiger partial charge in [0, 0.05) is 0 Å². The van der Waals surface area contributed by atoms with Crippen molar-refractivity contribution < 1.29 is 0 Å². The van der Waals surface area contributed by atoms with Gasteiger partial charge in [0.05, 0.1) is 0 Å². The van der Waals surface area contributed by atoms with Crippen molar-refractivity contribution in [2.75, 3.05) is 0 Å². The second-order valence-electron chi connectivity index (χ2n) is 14.9. The van der Waals surface area contributed by atoms with Crippen molar-refractivity contribution in [3.63, 3.8) is 0 Å². The van der Waals surface area contributed by atoms with Crippen molar-refractivity contribution in [1.82, 2.24) is 19.1 Å². The summed E-state index contributed by atoms with van der Waals surface area (Å²) in [6.07, 6.45) is 0. The van der Waals surface area contributed by atoms with E-state index in [4.69, 9.17) is 9.97 Å². The summed E-state index contributed by atoms with van der Waals surface area (Å²) in [6.45, 7) is 0. The summed E-state index contributed by atoms with van der Waals surface area (Å²) in [7, 11) is 0. The van der Waals surface area contributed by atoms with E-state index in [1.54, 1.807) is 0 Å². The van der Waals surface area contributed by atoms with Crippen molar-refractivity contribution in [3.8, 4) is 22.8 Å². The molecule has 0 amide bonds. The van der Waals surface area contributed by atoms with E-state index < -0.39 is 0 Å². The fraction of sp³-hybridized carbons (Fsp3) is 0. The zero-order chi connectivity index (χ0) is 37.2. The standard InChI is InChI=1S/C52H30N4Se/c1-2-15-31(16-3-1)46-52(54-48-38-23-7-5-18-33(38)32-17-4-6-22-37(32)47(48)53-46)56-43-26-12-9-20-35(43)40-30-29-39-34-19-8-11-25-42(34)55(49(39)50(40)56)44-27-14-24-41-36-21-10-13-28-45(36)57-51(41)44/h1-30H. The van der Waals surface area contributed by atoms with Crippen LogP contribution in [0.3, 0.4) is 0 Å². The number of rotatable bonds is 3. The Morgan fingerprint density at radius 2 is 0.860 bits per heavy atom. The Balaban J connectivity index is 1.27. The van der Waals surface area contributed by atoms with Crippen LogP contribution >= 0.6 is 0 Å². The van der Waals surface area contributed by atoms with Crippen LogP contribution in [-0.4, -0.2) is 33.6 Å². The topological polar surface area (TPSA) is 35.6 Å². The molecule has 0 spiro atoms. The molecule has 0 aliphatic carbocycles. The van der Waals surface area contributed by atoms with Crippen molar-refractivity contribution in [2.45, 2.75) is 0 Å². The van der Waals surface area contributed by atoms with Gasteiger partial charge in [0.15, 0.2) is 0 Å². The van der Waals surface area contributed by atoms with Crippen LogP contribution in [0.2, 0.25) is 0 Å². The van der Waals surface area contributed by atoms with Gasteiger partial charge in [-0.3, -0.25) is 0 Å². The number of fused-ring (bicyclic) bond motifs is 16. The van der Waals surface area contributed by atoms with Gasteiger partial charge in [0.2, 0.25) is 0 Å². The van der Waals surface area contributed by atoms with Crippen molar-refractivity contribution in [3.05, 3.63) is 182 Å². The molecule has 264 valence electrons. The minimum absolute atomic E-state index is 0.162. The molecule has 4 nitrogen and oxygen atoms in total. The number of hydrogen-bond acceptors (Lipinski definition) is 2. The van der Waals surface area contributed by atoms with Gasteiger partial charge < -0.3 is 0 Å². The quantitative estimate of drug-likeness (QED) is 0.132. The van der Waals surface area contributed by atoms with E-state index in [1.807, 2.05) is 0 Å². The summed E-state index contributed by atoms with van der Waals surface area (Å²) < 4.78 is 7.83. The molecule has 13 rings (SSSR count). The van der Waals surface area contributed by atoms with Gasteiger partial charge in [-0.15, -0.1) is 0 Å². The first-order valence-corrected chi connectivity index (χ1v) is 21.1. The molecule has 0 unspecified atom stereocenters. The number of aromatic nitrogens is 4. The zero-order valence-corrected chi connectivity index (χ0v) is 32.2. The Hall–Kier alpha value is -7.04. The molecule has 0 saturated heterocycles. The Labute approximate surface area is 332 Å². The molecule has 0 atom stereocenters. The van der Waals surface area contributed by atoms with E-state index in [0.29, 0.717) is 0 Å². The van der Waals surface area contributed by atoms with Crippen molar-refractivity contribution in [1.29, 1.82) is 0 Å². The third kappa shape index (κ3) is 4.27. The first-order chi connectivity index (χ1) is 28.3. The second-order valence-corrected chi connectivity index (χ2v) is 17.1. The van der Waals surface area contributed by atoms with Gasteiger partial charge in [-0.1, -0.05) is 24.3 Å². The molecule has 0 aliphatic rings. The van der Waals surface area contributed by atoms with Gasteiger partial charge in [0.25, 0.3) is 0 Å². The number of benzene rings is 9. The third-order valence-electron chi connectivity index (χ3n) is 11.9. The van der Waals surface area contributed by atoms with E-state index in [-0.39, 0.29) is 14.5 Å². The molecule has 0 radical (unpaired) electrons. The first kappa shape index (κ1) is 31.2. The predicted octanol–water partition coefficient (Wildman–Crippen LogP) is 13.2. The normalized spacial score (nSPS) is 12.2. The number of nitrogens with zero attached hydrogens (tertiary/aromatic N) is 4. The second kappa shape index (κ2) is 11.7. The van der Waals surface area contributed by atoms with Gasteiger partial charge in [0.1, 0.15) is 0 Å².